The summed E-state index contributed by atoms with van der Waals surface area (Å²) in [7, 11) is -3.25. The first-order valence-corrected chi connectivity index (χ1v) is 11.8. The van der Waals surface area contributed by atoms with Crippen LogP contribution in [-0.4, -0.2) is 42.3 Å². The molecule has 1 aliphatic heterocycles. The molecule has 1 aliphatic rings. The molecule has 0 bridgehead atoms. The molecule has 1 fully saturated rings. The SMILES string of the molecule is Cc1ccc(S(=O)(=O)C[C@H]2COC[C@H]2C[Se]c2ccccc2)cc1. The first-order valence-electron chi connectivity index (χ1n) is 8.09. The Balaban J connectivity index is 1.64. The Bertz CT molecular complexity index is 757. The van der Waals surface area contributed by atoms with Gasteiger partial charge in [0.15, 0.2) is 0 Å². The molecule has 0 amide bonds. The first kappa shape index (κ1) is 17.7. The number of benzene rings is 2. The Morgan fingerprint density at radius 2 is 1.67 bits per heavy atom. The van der Waals surface area contributed by atoms with Crippen molar-refractivity contribution in [2.45, 2.75) is 17.1 Å². The van der Waals surface area contributed by atoms with E-state index in [2.05, 4.69) is 24.3 Å². The fourth-order valence-corrected chi connectivity index (χ4v) is 6.89. The summed E-state index contributed by atoms with van der Waals surface area (Å²) >= 11 is 0.367. The topological polar surface area (TPSA) is 43.4 Å². The Kier molecular flexibility index (Phi) is 5.77. The van der Waals surface area contributed by atoms with E-state index < -0.39 is 9.84 Å². The molecule has 0 aliphatic carbocycles. The normalized spacial score (nSPS) is 21.0. The van der Waals surface area contributed by atoms with E-state index in [1.807, 2.05) is 25.1 Å². The van der Waals surface area contributed by atoms with Gasteiger partial charge in [-0.05, 0) is 0 Å². The van der Waals surface area contributed by atoms with E-state index in [0.717, 1.165) is 10.9 Å². The van der Waals surface area contributed by atoms with Crippen LogP contribution < -0.4 is 4.46 Å². The second kappa shape index (κ2) is 7.83. The van der Waals surface area contributed by atoms with Crippen molar-refractivity contribution in [1.29, 1.82) is 0 Å². The van der Waals surface area contributed by atoms with Crippen molar-refractivity contribution < 1.29 is 13.2 Å². The molecule has 0 radical (unpaired) electrons. The van der Waals surface area contributed by atoms with Crippen LogP contribution in [0.2, 0.25) is 5.32 Å². The molecular formula is C19H22O3SSe. The molecule has 3 rings (SSSR count). The van der Waals surface area contributed by atoms with E-state index in [-0.39, 0.29) is 11.7 Å². The van der Waals surface area contributed by atoms with Crippen molar-refractivity contribution in [2.24, 2.45) is 11.8 Å². The molecule has 0 spiro atoms. The monoisotopic (exact) mass is 410 g/mol. The molecule has 0 saturated carbocycles. The zero-order valence-electron chi connectivity index (χ0n) is 13.7. The van der Waals surface area contributed by atoms with Crippen molar-refractivity contribution in [3.05, 3.63) is 60.2 Å². The number of sulfone groups is 1. The third kappa shape index (κ3) is 4.48. The Labute approximate surface area is 150 Å². The van der Waals surface area contributed by atoms with Gasteiger partial charge in [0.05, 0.1) is 0 Å². The fourth-order valence-electron chi connectivity index (χ4n) is 2.85. The van der Waals surface area contributed by atoms with Crippen LogP contribution in [-0.2, 0) is 14.6 Å². The summed E-state index contributed by atoms with van der Waals surface area (Å²) in [5, 5.41) is 1.03. The van der Waals surface area contributed by atoms with Gasteiger partial charge in [-0.2, -0.15) is 0 Å². The van der Waals surface area contributed by atoms with Gasteiger partial charge in [0.1, 0.15) is 0 Å². The summed E-state index contributed by atoms with van der Waals surface area (Å²) in [4.78, 5) is 0.423. The molecule has 128 valence electrons. The van der Waals surface area contributed by atoms with Crippen LogP contribution in [0.5, 0.6) is 0 Å². The molecule has 0 N–H and O–H groups in total. The van der Waals surface area contributed by atoms with Crippen LogP contribution in [0.1, 0.15) is 5.56 Å². The van der Waals surface area contributed by atoms with Crippen LogP contribution in [0.3, 0.4) is 0 Å². The first-order chi connectivity index (χ1) is 11.5. The van der Waals surface area contributed by atoms with Crippen molar-refractivity contribution in [3.63, 3.8) is 0 Å². The maximum atomic E-state index is 12.7. The number of aryl methyl sites for hydroxylation is 1. The van der Waals surface area contributed by atoms with Crippen LogP contribution in [0.4, 0.5) is 0 Å². The summed E-state index contributed by atoms with van der Waals surface area (Å²) in [6, 6.07) is 17.6. The maximum absolute atomic E-state index is 12.7. The van der Waals surface area contributed by atoms with Crippen LogP contribution in [0.15, 0.2) is 59.5 Å². The van der Waals surface area contributed by atoms with Gasteiger partial charge in [-0.1, -0.05) is 0 Å². The third-order valence-corrected chi connectivity index (χ3v) is 8.73. The van der Waals surface area contributed by atoms with Gasteiger partial charge in [-0.25, -0.2) is 0 Å². The van der Waals surface area contributed by atoms with Gasteiger partial charge >= 0.3 is 151 Å². The minimum atomic E-state index is -3.25. The molecule has 1 saturated heterocycles. The van der Waals surface area contributed by atoms with Crippen molar-refractivity contribution in [3.8, 4) is 0 Å². The number of rotatable bonds is 6. The zero-order valence-corrected chi connectivity index (χ0v) is 16.3. The van der Waals surface area contributed by atoms with E-state index in [1.165, 1.54) is 4.46 Å². The summed E-state index contributed by atoms with van der Waals surface area (Å²) in [5.74, 6) is 0.623. The molecule has 3 nitrogen and oxygen atoms in total. The van der Waals surface area contributed by atoms with Gasteiger partial charge in [-0.15, -0.1) is 0 Å². The van der Waals surface area contributed by atoms with E-state index in [9.17, 15) is 8.42 Å². The molecule has 24 heavy (non-hydrogen) atoms. The van der Waals surface area contributed by atoms with Crippen molar-refractivity contribution in [2.75, 3.05) is 19.0 Å². The Morgan fingerprint density at radius 3 is 2.38 bits per heavy atom. The fraction of sp³-hybridized carbons (Fsp3) is 0.368. The average Bonchev–Trinajstić information content (AvgIpc) is 3.01. The molecule has 1 heterocycles. The summed E-state index contributed by atoms with van der Waals surface area (Å²) in [5.41, 5.74) is 1.07. The van der Waals surface area contributed by atoms with Crippen LogP contribution in [0, 0.1) is 18.8 Å². The molecule has 0 aromatic heterocycles. The molecule has 2 aromatic rings. The van der Waals surface area contributed by atoms with E-state index in [4.69, 9.17) is 4.74 Å². The molecule has 5 heteroatoms. The van der Waals surface area contributed by atoms with Crippen LogP contribution in [0.25, 0.3) is 0 Å². The molecular weight excluding hydrogens is 387 g/mol. The summed E-state index contributed by atoms with van der Waals surface area (Å²) < 4.78 is 32.3. The van der Waals surface area contributed by atoms with E-state index >= 15 is 0 Å². The van der Waals surface area contributed by atoms with Gasteiger partial charge in [-0.3, -0.25) is 0 Å². The summed E-state index contributed by atoms with van der Waals surface area (Å²) in [6.07, 6.45) is 0. The molecule has 2 aromatic carbocycles. The number of hydrogen-bond donors (Lipinski definition) is 0. The second-order valence-electron chi connectivity index (χ2n) is 6.28. The predicted molar refractivity (Wildman–Crippen MR) is 97.7 cm³/mol. The standard InChI is InChI=1S/C19H22O3SSe/c1-15-7-9-18(10-8-15)23(20,21)13-16-11-22-12-17(16)14-24-19-5-3-2-4-6-19/h2-10,16-17H,11-14H2,1H3/t16-,17+/m1/s1. The number of hydrogen-bond acceptors (Lipinski definition) is 3. The average molecular weight is 409 g/mol. The van der Waals surface area contributed by atoms with Crippen molar-refractivity contribution in [1.82, 2.24) is 0 Å². The zero-order chi connectivity index (χ0) is 17.0. The quantitative estimate of drug-likeness (QED) is 0.689. The van der Waals surface area contributed by atoms with E-state index in [0.29, 0.717) is 39.0 Å². The van der Waals surface area contributed by atoms with Gasteiger partial charge in [0.2, 0.25) is 0 Å². The number of ether oxygens (including phenoxy) is 1. The van der Waals surface area contributed by atoms with Crippen molar-refractivity contribution >= 4 is 29.3 Å². The van der Waals surface area contributed by atoms with Gasteiger partial charge in [0, 0.05) is 0 Å². The Hall–Kier alpha value is -1.13. The van der Waals surface area contributed by atoms with Gasteiger partial charge in [0.25, 0.3) is 0 Å². The van der Waals surface area contributed by atoms with E-state index in [1.54, 1.807) is 12.1 Å². The van der Waals surface area contributed by atoms with Gasteiger partial charge < -0.3 is 0 Å². The minimum absolute atomic E-state index is 0.0990. The molecule has 0 unspecified atom stereocenters. The third-order valence-electron chi connectivity index (χ3n) is 4.35. The molecule has 2 atom stereocenters. The van der Waals surface area contributed by atoms with Crippen LogP contribution >= 0.6 is 0 Å². The Morgan fingerprint density at radius 1 is 1.00 bits per heavy atom. The summed E-state index contributed by atoms with van der Waals surface area (Å²) in [6.45, 7) is 3.20. The second-order valence-corrected chi connectivity index (χ2v) is 10.6. The predicted octanol–water partition coefficient (Wildman–Crippen LogP) is 2.48.